The molecule has 0 unspecified atom stereocenters. The minimum absolute atomic E-state index is 0.101. The second kappa shape index (κ2) is 6.02. The van der Waals surface area contributed by atoms with Gasteiger partial charge in [0.25, 0.3) is 11.6 Å². The zero-order valence-corrected chi connectivity index (χ0v) is 11.2. The molecule has 1 fully saturated rings. The summed E-state index contributed by atoms with van der Waals surface area (Å²) < 4.78 is 0. The van der Waals surface area contributed by atoms with E-state index < -0.39 is 4.92 Å². The standard InChI is InChI=1S/C13H15ClN2O3/c14-12-10(6-3-7-11(12)16(18)19)13(17)15-8-9-4-1-2-5-9/h3,6-7,9H,1-2,4-5,8H2,(H,15,17). The average Bonchev–Trinajstić information content (AvgIpc) is 2.89. The number of rotatable bonds is 4. The molecule has 102 valence electrons. The fraction of sp³-hybridized carbons (Fsp3) is 0.462. The van der Waals surface area contributed by atoms with Crippen molar-refractivity contribution in [3.63, 3.8) is 0 Å². The molecule has 1 N–H and O–H groups in total. The number of nitrogens with one attached hydrogen (secondary N) is 1. The molecule has 0 aromatic heterocycles. The van der Waals surface area contributed by atoms with E-state index in [1.54, 1.807) is 0 Å². The molecular weight excluding hydrogens is 268 g/mol. The van der Waals surface area contributed by atoms with Gasteiger partial charge in [0.1, 0.15) is 5.02 Å². The van der Waals surface area contributed by atoms with Crippen molar-refractivity contribution in [3.05, 3.63) is 38.9 Å². The number of nitrogens with zero attached hydrogens (tertiary/aromatic N) is 1. The Kier molecular flexibility index (Phi) is 4.37. The van der Waals surface area contributed by atoms with Crippen LogP contribution in [-0.4, -0.2) is 17.4 Å². The maximum Gasteiger partial charge on any atom is 0.288 e. The van der Waals surface area contributed by atoms with Gasteiger partial charge >= 0.3 is 0 Å². The predicted molar refractivity (Wildman–Crippen MR) is 72.4 cm³/mol. The van der Waals surface area contributed by atoms with Gasteiger partial charge in [-0.15, -0.1) is 0 Å². The van der Waals surface area contributed by atoms with E-state index in [9.17, 15) is 14.9 Å². The van der Waals surface area contributed by atoms with Crippen LogP contribution >= 0.6 is 11.6 Å². The minimum atomic E-state index is -0.587. The molecule has 0 radical (unpaired) electrons. The fourth-order valence-corrected chi connectivity index (χ4v) is 2.66. The normalized spacial score (nSPS) is 15.4. The molecule has 1 saturated carbocycles. The monoisotopic (exact) mass is 282 g/mol. The van der Waals surface area contributed by atoms with Gasteiger partial charge in [0.05, 0.1) is 10.5 Å². The fourth-order valence-electron chi connectivity index (χ4n) is 2.38. The van der Waals surface area contributed by atoms with Crippen molar-refractivity contribution in [2.45, 2.75) is 25.7 Å². The second-order valence-electron chi connectivity index (χ2n) is 4.76. The van der Waals surface area contributed by atoms with Gasteiger partial charge in [0, 0.05) is 12.6 Å². The Labute approximate surface area is 116 Å². The van der Waals surface area contributed by atoms with Gasteiger partial charge in [-0.3, -0.25) is 14.9 Å². The third kappa shape index (κ3) is 3.23. The summed E-state index contributed by atoms with van der Waals surface area (Å²) in [6, 6.07) is 4.25. The van der Waals surface area contributed by atoms with Crippen molar-refractivity contribution in [1.29, 1.82) is 0 Å². The van der Waals surface area contributed by atoms with Crippen LogP contribution in [0.1, 0.15) is 36.0 Å². The molecular formula is C13H15ClN2O3. The average molecular weight is 283 g/mol. The number of halogens is 1. The van der Waals surface area contributed by atoms with Crippen LogP contribution < -0.4 is 5.32 Å². The van der Waals surface area contributed by atoms with Gasteiger partial charge in [-0.1, -0.05) is 30.5 Å². The van der Waals surface area contributed by atoms with E-state index in [0.29, 0.717) is 12.5 Å². The molecule has 1 amide bonds. The summed E-state index contributed by atoms with van der Waals surface area (Å²) in [4.78, 5) is 22.1. The van der Waals surface area contributed by atoms with Gasteiger partial charge < -0.3 is 5.32 Å². The largest absolute Gasteiger partial charge is 0.352 e. The van der Waals surface area contributed by atoms with Crippen molar-refractivity contribution in [3.8, 4) is 0 Å². The van der Waals surface area contributed by atoms with Crippen LogP contribution in [0.2, 0.25) is 5.02 Å². The first kappa shape index (κ1) is 13.8. The Morgan fingerprint density at radius 2 is 2.11 bits per heavy atom. The lowest BCUT2D eigenvalue weighted by molar-refractivity contribution is -0.384. The van der Waals surface area contributed by atoms with E-state index >= 15 is 0 Å². The summed E-state index contributed by atoms with van der Waals surface area (Å²) in [6.45, 7) is 0.609. The van der Waals surface area contributed by atoms with Gasteiger partial charge in [-0.25, -0.2) is 0 Å². The highest BCUT2D eigenvalue weighted by Gasteiger charge is 2.21. The first-order valence-electron chi connectivity index (χ1n) is 6.30. The molecule has 0 bridgehead atoms. The smallest absolute Gasteiger partial charge is 0.288 e. The Morgan fingerprint density at radius 1 is 1.42 bits per heavy atom. The van der Waals surface area contributed by atoms with E-state index in [-0.39, 0.29) is 22.2 Å². The van der Waals surface area contributed by atoms with Crippen LogP contribution in [0, 0.1) is 16.0 Å². The molecule has 19 heavy (non-hydrogen) atoms. The lowest BCUT2D eigenvalue weighted by Gasteiger charge is -2.11. The maximum atomic E-state index is 12.0. The molecule has 0 saturated heterocycles. The van der Waals surface area contributed by atoms with Gasteiger partial charge in [0.2, 0.25) is 0 Å². The molecule has 1 aromatic carbocycles. The highest BCUT2D eigenvalue weighted by Crippen LogP contribution is 2.28. The third-order valence-electron chi connectivity index (χ3n) is 3.45. The van der Waals surface area contributed by atoms with E-state index in [0.717, 1.165) is 12.8 Å². The quantitative estimate of drug-likeness (QED) is 0.681. The third-order valence-corrected chi connectivity index (χ3v) is 3.84. The number of carbonyl (C=O) groups excluding carboxylic acids is 1. The number of hydrogen-bond acceptors (Lipinski definition) is 3. The summed E-state index contributed by atoms with van der Waals surface area (Å²) >= 11 is 5.89. The van der Waals surface area contributed by atoms with Crippen LogP contribution in [0.4, 0.5) is 5.69 Å². The molecule has 0 spiro atoms. The van der Waals surface area contributed by atoms with Gasteiger partial charge in [0.15, 0.2) is 0 Å². The van der Waals surface area contributed by atoms with Crippen LogP contribution in [0.5, 0.6) is 0 Å². The molecule has 0 atom stereocenters. The van der Waals surface area contributed by atoms with E-state index in [1.165, 1.54) is 31.0 Å². The summed E-state index contributed by atoms with van der Waals surface area (Å²) in [5.41, 5.74) is -0.0796. The first-order valence-corrected chi connectivity index (χ1v) is 6.68. The number of hydrogen-bond donors (Lipinski definition) is 1. The topological polar surface area (TPSA) is 72.2 Å². The van der Waals surface area contributed by atoms with Crippen LogP contribution in [0.15, 0.2) is 18.2 Å². The summed E-state index contributed by atoms with van der Waals surface area (Å²) in [6.07, 6.45) is 4.67. The lowest BCUT2D eigenvalue weighted by Crippen LogP contribution is -2.28. The van der Waals surface area contributed by atoms with E-state index in [2.05, 4.69) is 5.32 Å². The zero-order valence-electron chi connectivity index (χ0n) is 10.4. The molecule has 1 aliphatic carbocycles. The Morgan fingerprint density at radius 3 is 2.74 bits per heavy atom. The molecule has 2 rings (SSSR count). The minimum Gasteiger partial charge on any atom is -0.352 e. The van der Waals surface area contributed by atoms with E-state index in [1.807, 2.05) is 0 Å². The second-order valence-corrected chi connectivity index (χ2v) is 5.13. The van der Waals surface area contributed by atoms with Crippen molar-refractivity contribution < 1.29 is 9.72 Å². The van der Waals surface area contributed by atoms with Crippen molar-refractivity contribution >= 4 is 23.2 Å². The Hall–Kier alpha value is -1.62. The molecule has 6 heteroatoms. The molecule has 0 heterocycles. The number of benzene rings is 1. The number of nitro benzene ring substituents is 1. The van der Waals surface area contributed by atoms with Crippen molar-refractivity contribution in [2.75, 3.05) is 6.54 Å². The van der Waals surface area contributed by atoms with Crippen LogP contribution in [-0.2, 0) is 0 Å². The predicted octanol–water partition coefficient (Wildman–Crippen LogP) is 3.17. The highest BCUT2D eigenvalue weighted by atomic mass is 35.5. The highest BCUT2D eigenvalue weighted by molar-refractivity contribution is 6.35. The summed E-state index contributed by atoms with van der Waals surface area (Å²) in [5, 5.41) is 13.5. The molecule has 1 aliphatic rings. The lowest BCUT2D eigenvalue weighted by atomic mass is 10.1. The SMILES string of the molecule is O=C(NCC1CCCC1)c1cccc([N+](=O)[O-])c1Cl. The van der Waals surface area contributed by atoms with Crippen molar-refractivity contribution in [1.82, 2.24) is 5.32 Å². The Bertz CT molecular complexity index is 499. The zero-order chi connectivity index (χ0) is 13.8. The Balaban J connectivity index is 2.06. The van der Waals surface area contributed by atoms with Crippen molar-refractivity contribution in [2.24, 2.45) is 5.92 Å². The molecule has 0 aliphatic heterocycles. The number of amides is 1. The van der Waals surface area contributed by atoms with Gasteiger partial charge in [-0.2, -0.15) is 0 Å². The summed E-state index contributed by atoms with van der Waals surface area (Å²) in [5.74, 6) is 0.169. The maximum absolute atomic E-state index is 12.0. The molecule has 1 aromatic rings. The molecule has 5 nitrogen and oxygen atoms in total. The van der Waals surface area contributed by atoms with Gasteiger partial charge in [-0.05, 0) is 24.8 Å². The van der Waals surface area contributed by atoms with Crippen LogP contribution in [0.3, 0.4) is 0 Å². The van der Waals surface area contributed by atoms with Crippen LogP contribution in [0.25, 0.3) is 0 Å². The van der Waals surface area contributed by atoms with E-state index in [4.69, 9.17) is 11.6 Å². The number of nitro groups is 1. The summed E-state index contributed by atoms with van der Waals surface area (Å²) in [7, 11) is 0. The first-order chi connectivity index (χ1) is 9.09. The number of carbonyl (C=O) groups is 1.